The zero-order valence-electron chi connectivity index (χ0n) is 15.5. The first-order valence-electron chi connectivity index (χ1n) is 8.41. The molecule has 2 aromatic rings. The van der Waals surface area contributed by atoms with Crippen molar-refractivity contribution >= 4 is 33.7 Å². The summed E-state index contributed by atoms with van der Waals surface area (Å²) in [6.07, 6.45) is -0.487. The van der Waals surface area contributed by atoms with Gasteiger partial charge >= 0.3 is 12.1 Å². The fourth-order valence-electron chi connectivity index (χ4n) is 2.18. The van der Waals surface area contributed by atoms with Gasteiger partial charge < -0.3 is 20.5 Å². The highest BCUT2D eigenvalue weighted by Crippen LogP contribution is 2.21. The Morgan fingerprint density at radius 3 is 2.41 bits per heavy atom. The number of ether oxygens (including phenoxy) is 2. The second-order valence-electron chi connectivity index (χ2n) is 6.98. The van der Waals surface area contributed by atoms with E-state index in [-0.39, 0.29) is 6.61 Å². The molecular weight excluding hydrogens is 412 g/mol. The van der Waals surface area contributed by atoms with Crippen LogP contribution in [0.5, 0.6) is 0 Å². The third-order valence-electron chi connectivity index (χ3n) is 3.45. The summed E-state index contributed by atoms with van der Waals surface area (Å²) >= 11 is 3.40. The molecule has 0 saturated heterocycles. The lowest BCUT2D eigenvalue weighted by molar-refractivity contribution is 0.0469. The van der Waals surface area contributed by atoms with Crippen LogP contribution in [0, 0.1) is 0 Å². The van der Waals surface area contributed by atoms with Gasteiger partial charge in [0.15, 0.2) is 0 Å². The van der Waals surface area contributed by atoms with Crippen LogP contribution >= 0.6 is 15.9 Å². The number of hydrogen-bond acceptors (Lipinski definition) is 5. The number of nitrogens with two attached hydrogens (primary N) is 1. The molecular formula is C20H23BrN2O4. The van der Waals surface area contributed by atoms with E-state index in [1.807, 2.05) is 6.07 Å². The van der Waals surface area contributed by atoms with Crippen LogP contribution in [-0.2, 0) is 22.6 Å². The number of nitrogen functional groups attached to an aromatic ring is 1. The normalized spacial score (nSPS) is 11.0. The van der Waals surface area contributed by atoms with E-state index in [4.69, 9.17) is 15.2 Å². The SMILES string of the molecule is CC(C)(C)OC(=O)NCc1ccc(C(=O)OCc2cc(N)ccc2Br)cc1. The third-order valence-corrected chi connectivity index (χ3v) is 4.23. The number of alkyl carbamates (subject to hydrolysis) is 1. The lowest BCUT2D eigenvalue weighted by atomic mass is 10.1. The van der Waals surface area contributed by atoms with Crippen LogP contribution in [0.25, 0.3) is 0 Å². The summed E-state index contributed by atoms with van der Waals surface area (Å²) in [4.78, 5) is 23.8. The summed E-state index contributed by atoms with van der Waals surface area (Å²) in [5.41, 5.74) is 7.87. The molecule has 0 heterocycles. The molecule has 0 fully saturated rings. The average Bonchev–Trinajstić information content (AvgIpc) is 2.59. The molecule has 0 saturated carbocycles. The molecule has 27 heavy (non-hydrogen) atoms. The van der Waals surface area contributed by atoms with Gasteiger partial charge in [-0.3, -0.25) is 0 Å². The fraction of sp³-hybridized carbons (Fsp3) is 0.300. The van der Waals surface area contributed by atoms with E-state index in [1.165, 1.54) is 0 Å². The molecule has 3 N–H and O–H groups in total. The highest BCUT2D eigenvalue weighted by Gasteiger charge is 2.15. The standard InChI is InChI=1S/C20H23BrN2O4/c1-20(2,3)27-19(25)23-11-13-4-6-14(7-5-13)18(24)26-12-15-10-16(22)8-9-17(15)21/h4-10H,11-12,22H2,1-3H3,(H,23,25). The smallest absolute Gasteiger partial charge is 0.407 e. The van der Waals surface area contributed by atoms with Crippen LogP contribution in [-0.4, -0.2) is 17.7 Å². The maximum Gasteiger partial charge on any atom is 0.407 e. The Balaban J connectivity index is 1.88. The molecule has 0 aliphatic heterocycles. The molecule has 0 bridgehead atoms. The van der Waals surface area contributed by atoms with Gasteiger partial charge in [0, 0.05) is 22.3 Å². The number of rotatable bonds is 5. The third kappa shape index (κ3) is 6.94. The van der Waals surface area contributed by atoms with Crippen molar-refractivity contribution in [2.75, 3.05) is 5.73 Å². The van der Waals surface area contributed by atoms with E-state index in [0.717, 1.165) is 15.6 Å². The zero-order chi connectivity index (χ0) is 20.0. The summed E-state index contributed by atoms with van der Waals surface area (Å²) < 4.78 is 11.3. The van der Waals surface area contributed by atoms with Gasteiger partial charge in [-0.25, -0.2) is 9.59 Å². The molecule has 0 aromatic heterocycles. The zero-order valence-corrected chi connectivity index (χ0v) is 17.1. The predicted octanol–water partition coefficient (Wildman–Crippen LogP) is 4.41. The molecule has 0 atom stereocenters. The minimum absolute atomic E-state index is 0.117. The molecule has 144 valence electrons. The second kappa shape index (κ2) is 8.90. The van der Waals surface area contributed by atoms with Gasteiger partial charge in [-0.05, 0) is 56.7 Å². The number of carbonyl (C=O) groups excluding carboxylic acids is 2. The highest BCUT2D eigenvalue weighted by atomic mass is 79.9. The summed E-state index contributed by atoms with van der Waals surface area (Å²) in [7, 11) is 0. The molecule has 2 aromatic carbocycles. The number of benzene rings is 2. The summed E-state index contributed by atoms with van der Waals surface area (Å²) in [6, 6.07) is 12.1. The van der Waals surface area contributed by atoms with E-state index in [2.05, 4.69) is 21.2 Å². The van der Waals surface area contributed by atoms with E-state index in [1.54, 1.807) is 57.2 Å². The Morgan fingerprint density at radius 1 is 1.11 bits per heavy atom. The number of esters is 1. The first kappa shape index (κ1) is 20.8. The minimum Gasteiger partial charge on any atom is -0.457 e. The molecule has 2 rings (SSSR count). The molecule has 7 heteroatoms. The number of nitrogens with one attached hydrogen (secondary N) is 1. The summed E-state index contributed by atoms with van der Waals surface area (Å²) in [5, 5.41) is 2.67. The van der Waals surface area contributed by atoms with E-state index in [0.29, 0.717) is 17.8 Å². The lowest BCUT2D eigenvalue weighted by Crippen LogP contribution is -2.32. The molecule has 0 spiro atoms. The van der Waals surface area contributed by atoms with Crippen LogP contribution in [0.4, 0.5) is 10.5 Å². The topological polar surface area (TPSA) is 90.6 Å². The van der Waals surface area contributed by atoms with E-state index < -0.39 is 17.7 Å². The summed E-state index contributed by atoms with van der Waals surface area (Å²) in [5.74, 6) is -0.434. The van der Waals surface area contributed by atoms with Crippen molar-refractivity contribution in [1.82, 2.24) is 5.32 Å². The van der Waals surface area contributed by atoms with Gasteiger partial charge in [0.25, 0.3) is 0 Å². The largest absolute Gasteiger partial charge is 0.457 e. The Labute approximate surface area is 167 Å². The number of amides is 1. The van der Waals surface area contributed by atoms with Crippen LogP contribution < -0.4 is 11.1 Å². The van der Waals surface area contributed by atoms with E-state index >= 15 is 0 Å². The Kier molecular flexibility index (Phi) is 6.85. The van der Waals surface area contributed by atoms with E-state index in [9.17, 15) is 9.59 Å². The maximum atomic E-state index is 12.2. The minimum atomic E-state index is -0.546. The van der Waals surface area contributed by atoms with Crippen molar-refractivity contribution in [2.45, 2.75) is 39.5 Å². The number of hydrogen-bond donors (Lipinski definition) is 2. The number of carbonyl (C=O) groups is 2. The van der Waals surface area contributed by atoms with Gasteiger partial charge in [0.05, 0.1) is 5.56 Å². The maximum absolute atomic E-state index is 12.2. The van der Waals surface area contributed by atoms with Crippen LogP contribution in [0.1, 0.15) is 42.3 Å². The summed E-state index contributed by atoms with van der Waals surface area (Å²) in [6.45, 7) is 5.83. The van der Waals surface area contributed by atoms with Gasteiger partial charge in [0.1, 0.15) is 12.2 Å². The van der Waals surface area contributed by atoms with Gasteiger partial charge in [-0.1, -0.05) is 28.1 Å². The van der Waals surface area contributed by atoms with Gasteiger partial charge in [0.2, 0.25) is 0 Å². The molecule has 0 aliphatic carbocycles. The van der Waals surface area contributed by atoms with Crippen molar-refractivity contribution in [3.8, 4) is 0 Å². The van der Waals surface area contributed by atoms with Crippen molar-refractivity contribution in [2.24, 2.45) is 0 Å². The Hall–Kier alpha value is -2.54. The van der Waals surface area contributed by atoms with Crippen molar-refractivity contribution in [3.63, 3.8) is 0 Å². The monoisotopic (exact) mass is 434 g/mol. The molecule has 0 unspecified atom stereocenters. The molecule has 1 amide bonds. The van der Waals surface area contributed by atoms with Crippen LogP contribution in [0.2, 0.25) is 0 Å². The number of anilines is 1. The van der Waals surface area contributed by atoms with Crippen molar-refractivity contribution in [3.05, 3.63) is 63.6 Å². The first-order valence-corrected chi connectivity index (χ1v) is 9.20. The predicted molar refractivity (Wildman–Crippen MR) is 107 cm³/mol. The Bertz CT molecular complexity index is 814. The van der Waals surface area contributed by atoms with Gasteiger partial charge in [-0.2, -0.15) is 0 Å². The first-order chi connectivity index (χ1) is 12.6. The average molecular weight is 435 g/mol. The molecule has 6 nitrogen and oxygen atoms in total. The number of halogens is 1. The highest BCUT2D eigenvalue weighted by molar-refractivity contribution is 9.10. The molecule has 0 radical (unpaired) electrons. The molecule has 0 aliphatic rings. The van der Waals surface area contributed by atoms with Crippen molar-refractivity contribution in [1.29, 1.82) is 0 Å². The Morgan fingerprint density at radius 2 is 1.78 bits per heavy atom. The second-order valence-corrected chi connectivity index (χ2v) is 7.83. The van der Waals surface area contributed by atoms with Crippen molar-refractivity contribution < 1.29 is 19.1 Å². The van der Waals surface area contributed by atoms with Crippen LogP contribution in [0.15, 0.2) is 46.9 Å². The fourth-order valence-corrected chi connectivity index (χ4v) is 2.54. The van der Waals surface area contributed by atoms with Gasteiger partial charge in [-0.15, -0.1) is 0 Å². The van der Waals surface area contributed by atoms with Crippen LogP contribution in [0.3, 0.4) is 0 Å². The quantitative estimate of drug-likeness (QED) is 0.536. The lowest BCUT2D eigenvalue weighted by Gasteiger charge is -2.19.